The largest absolute Gasteiger partial charge is 0.329 e. The second kappa shape index (κ2) is 5.41. The van der Waals surface area contributed by atoms with Gasteiger partial charge in [0.1, 0.15) is 5.82 Å². The number of hydrogen-bond donors (Lipinski definition) is 2. The Bertz CT molecular complexity index is 348. The van der Waals surface area contributed by atoms with Crippen molar-refractivity contribution in [3.05, 3.63) is 35.1 Å². The van der Waals surface area contributed by atoms with E-state index in [1.807, 2.05) is 12.1 Å². The summed E-state index contributed by atoms with van der Waals surface area (Å²) in [6, 6.07) is 5.25. The van der Waals surface area contributed by atoms with Gasteiger partial charge in [-0.3, -0.25) is 0 Å². The van der Waals surface area contributed by atoms with Crippen molar-refractivity contribution in [3.63, 3.8) is 0 Å². The number of aryl methyl sites for hydroxylation is 1. The summed E-state index contributed by atoms with van der Waals surface area (Å²) in [5.74, 6) is -0.140. The molecule has 16 heavy (non-hydrogen) atoms. The minimum absolute atomic E-state index is 0.0327. The number of rotatable bonds is 5. The van der Waals surface area contributed by atoms with Crippen molar-refractivity contribution < 1.29 is 4.39 Å². The molecule has 3 N–H and O–H groups in total. The maximum atomic E-state index is 13.0. The molecule has 0 amide bonds. The van der Waals surface area contributed by atoms with Crippen LogP contribution < -0.4 is 11.1 Å². The molecule has 0 saturated carbocycles. The van der Waals surface area contributed by atoms with Gasteiger partial charge < -0.3 is 11.1 Å². The molecule has 0 heterocycles. The highest BCUT2D eigenvalue weighted by molar-refractivity contribution is 5.24. The molecule has 90 valence electrons. The Hall–Kier alpha value is -0.930. The van der Waals surface area contributed by atoms with Gasteiger partial charge in [0, 0.05) is 12.1 Å². The number of nitrogens with one attached hydrogen (secondary N) is 1. The molecule has 0 radical (unpaired) electrons. The number of nitrogens with two attached hydrogens (primary N) is 1. The smallest absolute Gasteiger partial charge is 0.126 e. The van der Waals surface area contributed by atoms with E-state index >= 15 is 0 Å². The summed E-state index contributed by atoms with van der Waals surface area (Å²) in [5.41, 5.74) is 7.44. The molecule has 1 aromatic rings. The third-order valence-electron chi connectivity index (χ3n) is 2.75. The molecule has 3 heteroatoms. The first-order chi connectivity index (χ1) is 7.44. The lowest BCUT2D eigenvalue weighted by Gasteiger charge is -2.24. The van der Waals surface area contributed by atoms with Crippen LogP contribution >= 0.6 is 0 Å². The van der Waals surface area contributed by atoms with Crippen LogP contribution in [-0.4, -0.2) is 18.6 Å². The Balaban J connectivity index is 2.46. The van der Waals surface area contributed by atoms with E-state index in [1.54, 1.807) is 6.92 Å². The van der Waals surface area contributed by atoms with Crippen LogP contribution in [0.5, 0.6) is 0 Å². The Morgan fingerprint density at radius 2 is 2.06 bits per heavy atom. The van der Waals surface area contributed by atoms with E-state index in [1.165, 1.54) is 6.07 Å². The van der Waals surface area contributed by atoms with Gasteiger partial charge in [0.15, 0.2) is 0 Å². The summed E-state index contributed by atoms with van der Waals surface area (Å²) in [6.07, 6.45) is 0.893. The van der Waals surface area contributed by atoms with E-state index < -0.39 is 0 Å². The molecule has 0 unspecified atom stereocenters. The Morgan fingerprint density at radius 1 is 1.38 bits per heavy atom. The number of benzene rings is 1. The summed E-state index contributed by atoms with van der Waals surface area (Å²) in [5, 5.41) is 3.37. The zero-order chi connectivity index (χ0) is 12.2. The molecule has 0 aliphatic rings. The third-order valence-corrected chi connectivity index (χ3v) is 2.75. The number of hydrogen-bond acceptors (Lipinski definition) is 2. The lowest BCUT2D eigenvalue weighted by atomic mass is 10.0. The summed E-state index contributed by atoms with van der Waals surface area (Å²) in [4.78, 5) is 0. The number of halogens is 1. The second-order valence-corrected chi connectivity index (χ2v) is 4.85. The van der Waals surface area contributed by atoms with Crippen molar-refractivity contribution >= 4 is 0 Å². The standard InChI is InChI=1S/C13H21FN2/c1-10-8-11(4-5-12(10)14)6-7-16-13(2,3)9-15/h4-5,8,16H,6-7,9,15H2,1-3H3. The quantitative estimate of drug-likeness (QED) is 0.803. The molecule has 0 atom stereocenters. The summed E-state index contributed by atoms with van der Waals surface area (Å²) in [7, 11) is 0. The van der Waals surface area contributed by atoms with Crippen molar-refractivity contribution in [2.24, 2.45) is 5.73 Å². The highest BCUT2D eigenvalue weighted by Gasteiger charge is 2.13. The molecule has 0 spiro atoms. The van der Waals surface area contributed by atoms with E-state index in [-0.39, 0.29) is 11.4 Å². The van der Waals surface area contributed by atoms with Crippen molar-refractivity contribution in [3.8, 4) is 0 Å². The molecule has 0 aliphatic carbocycles. The zero-order valence-electron chi connectivity index (χ0n) is 10.3. The topological polar surface area (TPSA) is 38.0 Å². The van der Waals surface area contributed by atoms with Gasteiger partial charge in [0.2, 0.25) is 0 Å². The van der Waals surface area contributed by atoms with Gasteiger partial charge in [-0.15, -0.1) is 0 Å². The molecule has 0 bridgehead atoms. The van der Waals surface area contributed by atoms with Crippen LogP contribution in [-0.2, 0) is 6.42 Å². The van der Waals surface area contributed by atoms with Crippen molar-refractivity contribution in [2.75, 3.05) is 13.1 Å². The summed E-state index contributed by atoms with van der Waals surface area (Å²) in [6.45, 7) is 7.40. The monoisotopic (exact) mass is 224 g/mol. The SMILES string of the molecule is Cc1cc(CCNC(C)(C)CN)ccc1F. The van der Waals surface area contributed by atoms with E-state index in [0.29, 0.717) is 12.1 Å². The fraction of sp³-hybridized carbons (Fsp3) is 0.538. The second-order valence-electron chi connectivity index (χ2n) is 4.85. The van der Waals surface area contributed by atoms with E-state index in [0.717, 1.165) is 18.5 Å². The third kappa shape index (κ3) is 3.91. The molecule has 0 fully saturated rings. The van der Waals surface area contributed by atoms with Crippen molar-refractivity contribution in [1.29, 1.82) is 0 Å². The molecule has 0 aromatic heterocycles. The maximum Gasteiger partial charge on any atom is 0.126 e. The molecular formula is C13H21FN2. The van der Waals surface area contributed by atoms with Gasteiger partial charge in [-0.25, -0.2) is 4.39 Å². The minimum atomic E-state index is -0.140. The summed E-state index contributed by atoms with van der Waals surface area (Å²) >= 11 is 0. The minimum Gasteiger partial charge on any atom is -0.329 e. The fourth-order valence-electron chi connectivity index (χ4n) is 1.48. The highest BCUT2D eigenvalue weighted by Crippen LogP contribution is 2.09. The Labute approximate surface area is 97.0 Å². The van der Waals surface area contributed by atoms with E-state index in [4.69, 9.17) is 5.73 Å². The van der Waals surface area contributed by atoms with Crippen LogP contribution in [0.15, 0.2) is 18.2 Å². The molecular weight excluding hydrogens is 203 g/mol. The first kappa shape index (κ1) is 13.1. The Kier molecular flexibility index (Phi) is 4.44. The van der Waals surface area contributed by atoms with Gasteiger partial charge >= 0.3 is 0 Å². The van der Waals surface area contributed by atoms with Gasteiger partial charge in [-0.1, -0.05) is 12.1 Å². The normalized spacial score (nSPS) is 11.8. The van der Waals surface area contributed by atoms with Gasteiger partial charge in [-0.2, -0.15) is 0 Å². The average Bonchev–Trinajstić information content (AvgIpc) is 2.23. The van der Waals surface area contributed by atoms with Crippen LogP contribution in [0.25, 0.3) is 0 Å². The van der Waals surface area contributed by atoms with Crippen LogP contribution in [0.3, 0.4) is 0 Å². The fourth-order valence-corrected chi connectivity index (χ4v) is 1.48. The molecule has 0 aliphatic heterocycles. The lowest BCUT2D eigenvalue weighted by molar-refractivity contribution is 0.402. The first-order valence-corrected chi connectivity index (χ1v) is 5.65. The maximum absolute atomic E-state index is 13.0. The first-order valence-electron chi connectivity index (χ1n) is 5.65. The van der Waals surface area contributed by atoms with Gasteiger partial charge in [-0.05, 0) is 50.9 Å². The van der Waals surface area contributed by atoms with Crippen LogP contribution in [0, 0.1) is 12.7 Å². The van der Waals surface area contributed by atoms with Gasteiger partial charge in [0.25, 0.3) is 0 Å². The van der Waals surface area contributed by atoms with E-state index in [2.05, 4.69) is 19.2 Å². The van der Waals surface area contributed by atoms with Crippen molar-refractivity contribution in [2.45, 2.75) is 32.7 Å². The predicted octanol–water partition coefficient (Wildman–Crippen LogP) is 2.00. The Morgan fingerprint density at radius 3 is 2.62 bits per heavy atom. The van der Waals surface area contributed by atoms with Crippen LogP contribution in [0.2, 0.25) is 0 Å². The molecule has 1 aromatic carbocycles. The molecule has 0 saturated heterocycles. The van der Waals surface area contributed by atoms with Crippen LogP contribution in [0.1, 0.15) is 25.0 Å². The summed E-state index contributed by atoms with van der Waals surface area (Å²) < 4.78 is 13.0. The zero-order valence-corrected chi connectivity index (χ0v) is 10.3. The van der Waals surface area contributed by atoms with E-state index in [9.17, 15) is 4.39 Å². The van der Waals surface area contributed by atoms with Gasteiger partial charge in [0.05, 0.1) is 0 Å². The molecule has 1 rings (SSSR count). The molecule has 2 nitrogen and oxygen atoms in total. The average molecular weight is 224 g/mol. The van der Waals surface area contributed by atoms with Crippen LogP contribution in [0.4, 0.5) is 4.39 Å². The highest BCUT2D eigenvalue weighted by atomic mass is 19.1. The lowest BCUT2D eigenvalue weighted by Crippen LogP contribution is -2.46. The van der Waals surface area contributed by atoms with Crippen molar-refractivity contribution in [1.82, 2.24) is 5.32 Å². The predicted molar refractivity (Wildman–Crippen MR) is 66.0 cm³/mol.